The molecule has 0 bridgehead atoms. The first-order valence-corrected chi connectivity index (χ1v) is 9.60. The molecule has 1 aromatic rings. The third-order valence-corrected chi connectivity index (χ3v) is 6.26. The van der Waals surface area contributed by atoms with Crippen molar-refractivity contribution < 1.29 is 10.5 Å². The highest BCUT2D eigenvalue weighted by atomic mass is 31.2. The molecule has 1 saturated carbocycles. The smallest absolute Gasteiger partial charge is 0.229 e. The molecule has 0 aliphatic heterocycles. The van der Waals surface area contributed by atoms with Gasteiger partial charge >= 0.3 is 0 Å². The highest BCUT2D eigenvalue weighted by molar-refractivity contribution is 7.66. The minimum absolute atomic E-state index is 0.0858. The number of hydrogen-bond acceptors (Lipinski definition) is 2. The van der Waals surface area contributed by atoms with Gasteiger partial charge in [-0.25, -0.2) is 0 Å². The highest BCUT2D eigenvalue weighted by Crippen LogP contribution is 2.48. The second kappa shape index (κ2) is 6.45. The predicted octanol–water partition coefficient (Wildman–Crippen LogP) is 4.70. The van der Waals surface area contributed by atoms with Crippen LogP contribution in [0.5, 0.6) is 0 Å². The van der Waals surface area contributed by atoms with Gasteiger partial charge in [-0.3, -0.25) is 4.57 Å². The highest BCUT2D eigenvalue weighted by Gasteiger charge is 2.35. The molecule has 0 radical (unpaired) electrons. The van der Waals surface area contributed by atoms with Gasteiger partial charge in [0.25, 0.3) is 0 Å². The molecule has 2 nitrogen and oxygen atoms in total. The van der Waals surface area contributed by atoms with Crippen LogP contribution in [0.25, 0.3) is 0 Å². The van der Waals surface area contributed by atoms with Crippen LogP contribution in [0.3, 0.4) is 0 Å². The van der Waals surface area contributed by atoms with Crippen molar-refractivity contribution in [2.75, 3.05) is 6.66 Å². The molecule has 0 saturated heterocycles. The maximum absolute atomic E-state index is 13.0. The molecule has 0 aromatic heterocycles. The van der Waals surface area contributed by atoms with Gasteiger partial charge in [-0.1, -0.05) is 45.4 Å². The van der Waals surface area contributed by atoms with Gasteiger partial charge in [0.05, 0.1) is 6.10 Å². The second-order valence-corrected chi connectivity index (χ2v) is 8.85. The number of hydrogen-bond donors (Lipinski definition) is 0. The van der Waals surface area contributed by atoms with Crippen molar-refractivity contribution in [1.82, 2.24) is 0 Å². The van der Waals surface area contributed by atoms with E-state index in [0.717, 1.165) is 18.1 Å². The third kappa shape index (κ3) is 3.74. The monoisotopic (exact) mass is 295 g/mol. The summed E-state index contributed by atoms with van der Waals surface area (Å²) in [7, 11) is -2.83. The molecule has 1 fully saturated rings. The van der Waals surface area contributed by atoms with E-state index in [4.69, 9.17) is 5.89 Å². The Balaban J connectivity index is 2.20. The van der Waals surface area contributed by atoms with E-state index < -0.39 is 13.3 Å². The van der Waals surface area contributed by atoms with Gasteiger partial charge in [0.2, 0.25) is 7.37 Å². The topological polar surface area (TPSA) is 26.3 Å². The Morgan fingerprint density at radius 1 is 1.30 bits per heavy atom. The Kier molecular flexibility index (Phi) is 4.63. The van der Waals surface area contributed by atoms with Crippen LogP contribution in [0, 0.1) is 17.7 Å². The van der Waals surface area contributed by atoms with E-state index in [1.165, 1.54) is 0 Å². The van der Waals surface area contributed by atoms with Crippen LogP contribution in [0.2, 0.25) is 0 Å². The van der Waals surface area contributed by atoms with E-state index in [1.54, 1.807) is 6.66 Å². The molecule has 3 heteroatoms. The van der Waals surface area contributed by atoms with Gasteiger partial charge in [0.15, 0.2) is 0 Å². The molecule has 1 aliphatic rings. The van der Waals surface area contributed by atoms with E-state index in [0.29, 0.717) is 18.3 Å². The summed E-state index contributed by atoms with van der Waals surface area (Å²) in [6, 6.07) is 9.44. The molecule has 0 spiro atoms. The van der Waals surface area contributed by atoms with E-state index in [2.05, 4.69) is 13.8 Å². The zero-order valence-electron chi connectivity index (χ0n) is 14.0. The number of rotatable bonds is 4. The maximum Gasteiger partial charge on any atom is 0.229 e. The Morgan fingerprint density at radius 2 is 1.95 bits per heavy atom. The lowest BCUT2D eigenvalue weighted by Crippen LogP contribution is -2.34. The van der Waals surface area contributed by atoms with Crippen LogP contribution in [0.4, 0.5) is 0 Å². The van der Waals surface area contributed by atoms with Crippen LogP contribution < -0.4 is 5.30 Å². The summed E-state index contributed by atoms with van der Waals surface area (Å²) in [6.07, 6.45) is 2.46. The normalized spacial score (nSPS) is 34.5. The first-order chi connectivity index (χ1) is 9.71. The molecule has 4 unspecified atom stereocenters. The van der Waals surface area contributed by atoms with Crippen molar-refractivity contribution in [1.29, 1.82) is 0 Å². The predicted molar refractivity (Wildman–Crippen MR) is 85.8 cm³/mol. The van der Waals surface area contributed by atoms with E-state index >= 15 is 0 Å². The Bertz CT molecular complexity index is 513. The molecule has 0 amide bonds. The van der Waals surface area contributed by atoms with E-state index in [9.17, 15) is 4.57 Å². The van der Waals surface area contributed by atoms with Gasteiger partial charge in [-0.05, 0) is 42.7 Å². The first-order valence-electron chi connectivity index (χ1n) is 8.03. The average molecular weight is 295 g/mol. The first kappa shape index (κ1) is 14.4. The Labute approximate surface area is 124 Å². The van der Waals surface area contributed by atoms with Gasteiger partial charge < -0.3 is 4.52 Å². The summed E-state index contributed by atoms with van der Waals surface area (Å²) in [4.78, 5) is 0. The average Bonchev–Trinajstić information content (AvgIpc) is 2.38. The van der Waals surface area contributed by atoms with Crippen molar-refractivity contribution in [3.8, 4) is 0 Å². The molecule has 1 aromatic carbocycles. The largest absolute Gasteiger partial charge is 0.322 e. The van der Waals surface area contributed by atoms with Gasteiger partial charge in [0.1, 0.15) is 0 Å². The molecular formula is C17H27O2P. The fourth-order valence-corrected chi connectivity index (χ4v) is 4.67. The van der Waals surface area contributed by atoms with Crippen molar-refractivity contribution >= 4 is 12.7 Å². The summed E-state index contributed by atoms with van der Waals surface area (Å²) in [5.41, 5.74) is 0. The molecule has 4 atom stereocenters. The summed E-state index contributed by atoms with van der Waals surface area (Å²) in [6.45, 7) is 8.05. The second-order valence-electron chi connectivity index (χ2n) is 6.43. The fourth-order valence-electron chi connectivity index (χ4n) is 3.09. The van der Waals surface area contributed by atoms with Crippen molar-refractivity contribution in [3.63, 3.8) is 0 Å². The fraction of sp³-hybridized carbons (Fsp3) is 0.647. The standard InChI is InChI=1S/C17H27O2P/c1-13(2)16-11-10-14(3)12-17(16)19-20(4,18)15-8-6-5-7-9-15/h5-9,13-14,16-17H,10-12H2,1-4H3/i14D. The van der Waals surface area contributed by atoms with E-state index in [1.807, 2.05) is 37.3 Å². The lowest BCUT2D eigenvalue weighted by molar-refractivity contribution is 0.0506. The lowest BCUT2D eigenvalue weighted by Gasteiger charge is -2.38. The lowest BCUT2D eigenvalue weighted by atomic mass is 9.75. The zero-order valence-corrected chi connectivity index (χ0v) is 13.9. The zero-order chi connectivity index (χ0) is 15.7. The Hall–Kier alpha value is -0.590. The van der Waals surface area contributed by atoms with Crippen LogP contribution in [-0.2, 0) is 9.09 Å². The van der Waals surface area contributed by atoms with Gasteiger partial charge in [-0.2, -0.15) is 0 Å². The molecule has 1 aliphatic carbocycles. The quantitative estimate of drug-likeness (QED) is 0.753. The molecule has 2 rings (SSSR count). The van der Waals surface area contributed by atoms with Crippen LogP contribution in [0.1, 0.15) is 41.4 Å². The summed E-state index contributed by atoms with van der Waals surface area (Å²) in [5.74, 6) is 0.412. The Morgan fingerprint density at radius 3 is 2.55 bits per heavy atom. The summed E-state index contributed by atoms with van der Waals surface area (Å²) < 4.78 is 27.4. The maximum atomic E-state index is 13.0. The SMILES string of the molecule is [2H]C1(C)CCC(C(C)C)C(OP(C)(=O)c2ccccc2)C1. The van der Waals surface area contributed by atoms with Gasteiger partial charge in [0, 0.05) is 13.3 Å². The third-order valence-electron chi connectivity index (χ3n) is 4.35. The van der Waals surface area contributed by atoms with Crippen molar-refractivity contribution in [3.05, 3.63) is 30.3 Å². The van der Waals surface area contributed by atoms with E-state index in [-0.39, 0.29) is 6.10 Å². The van der Waals surface area contributed by atoms with Crippen molar-refractivity contribution in [2.45, 2.75) is 46.1 Å². The summed E-state index contributed by atoms with van der Waals surface area (Å²) >= 11 is 0. The van der Waals surface area contributed by atoms with Crippen LogP contribution in [0.15, 0.2) is 30.3 Å². The molecular weight excluding hydrogens is 267 g/mol. The number of benzene rings is 1. The molecule has 112 valence electrons. The minimum atomic E-state index is -2.83. The van der Waals surface area contributed by atoms with Crippen molar-refractivity contribution in [2.24, 2.45) is 17.7 Å². The molecule has 0 heterocycles. The van der Waals surface area contributed by atoms with Crippen LogP contribution >= 0.6 is 7.37 Å². The van der Waals surface area contributed by atoms with Crippen LogP contribution in [-0.4, -0.2) is 12.8 Å². The minimum Gasteiger partial charge on any atom is -0.322 e. The van der Waals surface area contributed by atoms with Gasteiger partial charge in [-0.15, -0.1) is 0 Å². The summed E-state index contributed by atoms with van der Waals surface area (Å²) in [5, 5.41) is 0.768. The molecule has 0 N–H and O–H groups in total. The molecule has 20 heavy (non-hydrogen) atoms.